The lowest BCUT2D eigenvalue weighted by Crippen LogP contribution is -2.37. The first kappa shape index (κ1) is 10.3. The van der Waals surface area contributed by atoms with Gasteiger partial charge in [0, 0.05) is 6.61 Å². The molecule has 3 nitrogen and oxygen atoms in total. The van der Waals surface area contributed by atoms with Crippen molar-refractivity contribution in [3.05, 3.63) is 0 Å². The van der Waals surface area contributed by atoms with Crippen molar-refractivity contribution in [3.63, 3.8) is 0 Å². The number of carbonyl (C=O) groups is 1. The van der Waals surface area contributed by atoms with E-state index >= 15 is 0 Å². The first-order valence-corrected chi connectivity index (χ1v) is 3.73. The van der Waals surface area contributed by atoms with Crippen molar-refractivity contribution in [1.82, 2.24) is 0 Å². The Balaban J connectivity index is 2.70. The van der Waals surface area contributed by atoms with Crippen LogP contribution >= 0.6 is 0 Å². The van der Waals surface area contributed by atoms with Gasteiger partial charge in [-0.15, -0.1) is 0 Å². The molecule has 0 unspecified atom stereocenters. The van der Waals surface area contributed by atoms with Crippen LogP contribution in [0, 0.1) is 5.92 Å². The Morgan fingerprint density at radius 3 is 2.62 bits per heavy atom. The summed E-state index contributed by atoms with van der Waals surface area (Å²) in [6, 6.07) is 0. The SMILES string of the molecule is COC(=O)[C@H]1CCO[C@@H]1C(F)(F)F. The maximum Gasteiger partial charge on any atom is 0.415 e. The van der Waals surface area contributed by atoms with Crippen LogP contribution in [-0.4, -0.2) is 32.0 Å². The number of hydrogen-bond donors (Lipinski definition) is 0. The quantitative estimate of drug-likeness (QED) is 0.592. The maximum absolute atomic E-state index is 12.2. The van der Waals surface area contributed by atoms with Crippen LogP contribution in [0.1, 0.15) is 6.42 Å². The summed E-state index contributed by atoms with van der Waals surface area (Å²) in [6.07, 6.45) is -6.42. The number of esters is 1. The second kappa shape index (κ2) is 3.53. The average Bonchev–Trinajstić information content (AvgIpc) is 2.49. The normalized spacial score (nSPS) is 28.9. The minimum Gasteiger partial charge on any atom is -0.469 e. The summed E-state index contributed by atoms with van der Waals surface area (Å²) < 4.78 is 45.2. The molecular weight excluding hydrogens is 189 g/mol. The minimum atomic E-state index is -4.49. The van der Waals surface area contributed by atoms with Crippen LogP contribution in [0.25, 0.3) is 0 Å². The third-order valence-corrected chi connectivity index (χ3v) is 1.92. The highest BCUT2D eigenvalue weighted by molar-refractivity contribution is 5.73. The van der Waals surface area contributed by atoms with Gasteiger partial charge in [-0.2, -0.15) is 13.2 Å². The first-order chi connectivity index (χ1) is 5.96. The number of methoxy groups -OCH3 is 1. The van der Waals surface area contributed by atoms with Crippen LogP contribution in [0.3, 0.4) is 0 Å². The molecule has 1 rings (SSSR count). The van der Waals surface area contributed by atoms with Crippen molar-refractivity contribution in [2.24, 2.45) is 5.92 Å². The molecule has 0 amide bonds. The van der Waals surface area contributed by atoms with E-state index in [0.29, 0.717) is 0 Å². The zero-order valence-corrected chi connectivity index (χ0v) is 6.93. The topological polar surface area (TPSA) is 35.5 Å². The van der Waals surface area contributed by atoms with E-state index < -0.39 is 24.2 Å². The van der Waals surface area contributed by atoms with E-state index in [1.807, 2.05) is 0 Å². The van der Waals surface area contributed by atoms with E-state index in [1.165, 1.54) is 0 Å². The van der Waals surface area contributed by atoms with Crippen molar-refractivity contribution >= 4 is 5.97 Å². The lowest BCUT2D eigenvalue weighted by molar-refractivity contribution is -0.219. The van der Waals surface area contributed by atoms with E-state index in [0.717, 1.165) is 7.11 Å². The molecule has 1 fully saturated rings. The molecule has 0 N–H and O–H groups in total. The summed E-state index contributed by atoms with van der Waals surface area (Å²) >= 11 is 0. The zero-order chi connectivity index (χ0) is 10.1. The van der Waals surface area contributed by atoms with Gasteiger partial charge < -0.3 is 9.47 Å². The number of alkyl halides is 3. The smallest absolute Gasteiger partial charge is 0.415 e. The maximum atomic E-state index is 12.2. The predicted octanol–water partition coefficient (Wildman–Crippen LogP) is 1.13. The fourth-order valence-electron chi connectivity index (χ4n) is 1.30. The molecule has 0 saturated carbocycles. The summed E-state index contributed by atoms with van der Waals surface area (Å²) in [5, 5.41) is 0. The summed E-state index contributed by atoms with van der Waals surface area (Å²) in [5.41, 5.74) is 0. The van der Waals surface area contributed by atoms with Gasteiger partial charge in [0.2, 0.25) is 0 Å². The number of ether oxygens (including phenoxy) is 2. The Morgan fingerprint density at radius 1 is 1.54 bits per heavy atom. The number of halogens is 3. The van der Waals surface area contributed by atoms with E-state index in [9.17, 15) is 18.0 Å². The van der Waals surface area contributed by atoms with Crippen LogP contribution in [0.4, 0.5) is 13.2 Å². The molecule has 0 aliphatic carbocycles. The Labute approximate surface area is 72.8 Å². The van der Waals surface area contributed by atoms with Crippen molar-refractivity contribution in [3.8, 4) is 0 Å². The Bertz CT molecular complexity index is 202. The third-order valence-electron chi connectivity index (χ3n) is 1.92. The van der Waals surface area contributed by atoms with Gasteiger partial charge in [-0.25, -0.2) is 0 Å². The molecule has 0 aromatic carbocycles. The monoisotopic (exact) mass is 198 g/mol. The van der Waals surface area contributed by atoms with Crippen LogP contribution in [0.2, 0.25) is 0 Å². The molecular formula is C7H9F3O3. The molecule has 1 aliphatic heterocycles. The average molecular weight is 198 g/mol. The Hall–Kier alpha value is -0.780. The molecule has 1 aliphatic rings. The molecule has 0 bridgehead atoms. The van der Waals surface area contributed by atoms with Crippen molar-refractivity contribution in [2.75, 3.05) is 13.7 Å². The summed E-state index contributed by atoms with van der Waals surface area (Å²) in [7, 11) is 1.06. The van der Waals surface area contributed by atoms with Gasteiger partial charge in [-0.1, -0.05) is 0 Å². The van der Waals surface area contributed by atoms with Crippen molar-refractivity contribution in [1.29, 1.82) is 0 Å². The molecule has 2 atom stereocenters. The van der Waals surface area contributed by atoms with Crippen LogP contribution < -0.4 is 0 Å². The standard InChI is InChI=1S/C7H9F3O3/c1-12-6(11)4-2-3-13-5(4)7(8,9)10/h4-5H,2-3H2,1H3/t4-,5-/m0/s1. The van der Waals surface area contributed by atoms with Gasteiger partial charge in [0.15, 0.2) is 6.10 Å². The van der Waals surface area contributed by atoms with E-state index in [4.69, 9.17) is 0 Å². The van der Waals surface area contributed by atoms with E-state index in [-0.39, 0.29) is 13.0 Å². The molecule has 0 aromatic rings. The highest BCUT2D eigenvalue weighted by Gasteiger charge is 2.51. The second-order valence-corrected chi connectivity index (χ2v) is 2.75. The lowest BCUT2D eigenvalue weighted by atomic mass is 10.0. The van der Waals surface area contributed by atoms with Crippen LogP contribution in [0.5, 0.6) is 0 Å². The predicted molar refractivity (Wildman–Crippen MR) is 35.9 cm³/mol. The zero-order valence-electron chi connectivity index (χ0n) is 6.93. The largest absolute Gasteiger partial charge is 0.469 e. The highest BCUT2D eigenvalue weighted by atomic mass is 19.4. The number of hydrogen-bond acceptors (Lipinski definition) is 3. The van der Waals surface area contributed by atoms with Gasteiger partial charge in [-0.05, 0) is 6.42 Å². The van der Waals surface area contributed by atoms with Gasteiger partial charge in [-0.3, -0.25) is 4.79 Å². The van der Waals surface area contributed by atoms with Gasteiger partial charge in [0.1, 0.15) is 0 Å². The van der Waals surface area contributed by atoms with E-state index in [2.05, 4.69) is 9.47 Å². The third kappa shape index (κ3) is 2.12. The van der Waals surface area contributed by atoms with Crippen molar-refractivity contribution < 1.29 is 27.4 Å². The van der Waals surface area contributed by atoms with Gasteiger partial charge in [0.05, 0.1) is 13.0 Å². The molecule has 0 radical (unpaired) electrons. The minimum absolute atomic E-state index is 0.0516. The first-order valence-electron chi connectivity index (χ1n) is 3.73. The molecule has 0 spiro atoms. The molecule has 6 heteroatoms. The van der Waals surface area contributed by atoms with E-state index in [1.54, 1.807) is 0 Å². The van der Waals surface area contributed by atoms with Crippen molar-refractivity contribution in [2.45, 2.75) is 18.7 Å². The second-order valence-electron chi connectivity index (χ2n) is 2.75. The van der Waals surface area contributed by atoms with Crippen LogP contribution in [0.15, 0.2) is 0 Å². The van der Waals surface area contributed by atoms with Gasteiger partial charge in [0.25, 0.3) is 0 Å². The fourth-order valence-corrected chi connectivity index (χ4v) is 1.30. The molecule has 1 saturated heterocycles. The molecule has 0 aromatic heterocycles. The molecule has 13 heavy (non-hydrogen) atoms. The number of rotatable bonds is 1. The molecule has 1 heterocycles. The fraction of sp³-hybridized carbons (Fsp3) is 0.857. The van der Waals surface area contributed by atoms with Crippen LogP contribution in [-0.2, 0) is 14.3 Å². The summed E-state index contributed by atoms with van der Waals surface area (Å²) in [4.78, 5) is 10.9. The lowest BCUT2D eigenvalue weighted by Gasteiger charge is -2.18. The highest BCUT2D eigenvalue weighted by Crippen LogP contribution is 2.34. The summed E-state index contributed by atoms with van der Waals surface area (Å²) in [5.74, 6) is -2.06. The molecule has 76 valence electrons. The summed E-state index contributed by atoms with van der Waals surface area (Å²) in [6.45, 7) is -0.0516. The number of carbonyl (C=O) groups excluding carboxylic acids is 1. The Kier molecular flexibility index (Phi) is 2.80. The Morgan fingerprint density at radius 2 is 2.15 bits per heavy atom. The van der Waals surface area contributed by atoms with Gasteiger partial charge >= 0.3 is 12.1 Å².